The first-order valence-corrected chi connectivity index (χ1v) is 11.0. The fraction of sp³-hybridized carbons (Fsp3) is 0.167. The number of carbonyl (C=O) groups is 2. The molecule has 3 rings (SSSR count). The van der Waals surface area contributed by atoms with Crippen LogP contribution in [0.4, 0.5) is 11.4 Å². The third kappa shape index (κ3) is 6.18. The molecule has 0 fully saturated rings. The predicted octanol–water partition coefficient (Wildman–Crippen LogP) is 5.73. The number of methoxy groups -OCH3 is 2. The van der Waals surface area contributed by atoms with Gasteiger partial charge in [0.2, 0.25) is 5.91 Å². The topological polar surface area (TPSA) is 76.7 Å². The van der Waals surface area contributed by atoms with Gasteiger partial charge in [-0.3, -0.25) is 9.59 Å². The standard InChI is InChI=1S/C24H23ClN2O4S/c1-15(23(28)27-21-14-19(30-2)9-12-22(21)31-3)32-20-10-7-18(8-11-20)26-24(29)16-5-4-6-17(25)13-16/h4-15H,1-3H3,(H,26,29)(H,27,28). The van der Waals surface area contributed by atoms with Crippen LogP contribution in [0.2, 0.25) is 5.02 Å². The largest absolute Gasteiger partial charge is 0.497 e. The second kappa shape index (κ2) is 10.9. The molecule has 0 saturated heterocycles. The van der Waals surface area contributed by atoms with Gasteiger partial charge in [-0.1, -0.05) is 17.7 Å². The lowest BCUT2D eigenvalue weighted by Crippen LogP contribution is -2.22. The lowest BCUT2D eigenvalue weighted by Gasteiger charge is -2.15. The maximum Gasteiger partial charge on any atom is 0.255 e. The van der Waals surface area contributed by atoms with Crippen molar-refractivity contribution < 1.29 is 19.1 Å². The molecule has 0 aromatic heterocycles. The summed E-state index contributed by atoms with van der Waals surface area (Å²) >= 11 is 7.35. The van der Waals surface area contributed by atoms with Crippen molar-refractivity contribution in [2.45, 2.75) is 17.1 Å². The molecule has 1 unspecified atom stereocenters. The highest BCUT2D eigenvalue weighted by atomic mass is 35.5. The van der Waals surface area contributed by atoms with Crippen molar-refractivity contribution in [3.63, 3.8) is 0 Å². The van der Waals surface area contributed by atoms with Gasteiger partial charge >= 0.3 is 0 Å². The summed E-state index contributed by atoms with van der Waals surface area (Å²) in [7, 11) is 3.11. The van der Waals surface area contributed by atoms with Gasteiger partial charge in [0.05, 0.1) is 25.2 Å². The normalized spacial score (nSPS) is 11.4. The third-order valence-electron chi connectivity index (χ3n) is 4.55. The van der Waals surface area contributed by atoms with Crippen LogP contribution in [0.5, 0.6) is 11.5 Å². The van der Waals surface area contributed by atoms with E-state index in [0.717, 1.165) is 4.90 Å². The Kier molecular flexibility index (Phi) is 8.03. The van der Waals surface area contributed by atoms with E-state index in [1.165, 1.54) is 11.8 Å². The average Bonchev–Trinajstić information content (AvgIpc) is 2.80. The van der Waals surface area contributed by atoms with Crippen LogP contribution in [0.15, 0.2) is 71.6 Å². The van der Waals surface area contributed by atoms with E-state index in [9.17, 15) is 9.59 Å². The Bertz CT molecular complexity index is 1110. The number of nitrogens with one attached hydrogen (secondary N) is 2. The van der Waals surface area contributed by atoms with Gasteiger partial charge in [-0.15, -0.1) is 11.8 Å². The summed E-state index contributed by atoms with van der Waals surface area (Å²) in [5.41, 5.74) is 1.68. The molecule has 0 heterocycles. The third-order valence-corrected chi connectivity index (χ3v) is 5.89. The lowest BCUT2D eigenvalue weighted by molar-refractivity contribution is -0.115. The molecule has 166 valence electrons. The second-order valence-corrected chi connectivity index (χ2v) is 8.66. The second-order valence-electron chi connectivity index (χ2n) is 6.80. The SMILES string of the molecule is COc1ccc(OC)c(NC(=O)C(C)Sc2ccc(NC(=O)c3cccc(Cl)c3)cc2)c1. The van der Waals surface area contributed by atoms with Crippen LogP contribution in [-0.4, -0.2) is 31.3 Å². The lowest BCUT2D eigenvalue weighted by atomic mass is 10.2. The Balaban J connectivity index is 1.60. The molecule has 6 nitrogen and oxygen atoms in total. The first kappa shape index (κ1) is 23.5. The summed E-state index contributed by atoms with van der Waals surface area (Å²) < 4.78 is 10.5. The Morgan fingerprint density at radius 3 is 2.34 bits per heavy atom. The van der Waals surface area contributed by atoms with Crippen molar-refractivity contribution in [3.05, 3.63) is 77.3 Å². The van der Waals surface area contributed by atoms with Crippen molar-refractivity contribution in [2.75, 3.05) is 24.9 Å². The number of amides is 2. The molecule has 0 bridgehead atoms. The van der Waals surface area contributed by atoms with Crippen LogP contribution in [-0.2, 0) is 4.79 Å². The Hall–Kier alpha value is -3.16. The minimum atomic E-state index is -0.363. The average molecular weight is 471 g/mol. The number of benzene rings is 3. The van der Waals surface area contributed by atoms with E-state index in [1.807, 2.05) is 19.1 Å². The smallest absolute Gasteiger partial charge is 0.255 e. The van der Waals surface area contributed by atoms with Crippen LogP contribution < -0.4 is 20.1 Å². The number of thioether (sulfide) groups is 1. The van der Waals surface area contributed by atoms with E-state index in [4.69, 9.17) is 21.1 Å². The van der Waals surface area contributed by atoms with E-state index in [0.29, 0.717) is 33.5 Å². The van der Waals surface area contributed by atoms with Gasteiger partial charge in [-0.2, -0.15) is 0 Å². The molecule has 2 N–H and O–H groups in total. The first-order chi connectivity index (χ1) is 15.4. The van der Waals surface area contributed by atoms with Crippen molar-refractivity contribution in [1.29, 1.82) is 0 Å². The van der Waals surface area contributed by atoms with Crippen LogP contribution in [0, 0.1) is 0 Å². The number of anilines is 2. The fourth-order valence-corrected chi connectivity index (χ4v) is 3.91. The highest BCUT2D eigenvalue weighted by Crippen LogP contribution is 2.31. The van der Waals surface area contributed by atoms with Gasteiger partial charge in [0, 0.05) is 27.2 Å². The van der Waals surface area contributed by atoms with E-state index in [-0.39, 0.29) is 17.1 Å². The van der Waals surface area contributed by atoms with Crippen molar-refractivity contribution in [3.8, 4) is 11.5 Å². The molecule has 0 saturated carbocycles. The summed E-state index contributed by atoms with van der Waals surface area (Å²) in [6, 6.07) is 19.3. The first-order valence-electron chi connectivity index (χ1n) is 9.76. The number of hydrogen-bond donors (Lipinski definition) is 2. The Morgan fingerprint density at radius 2 is 1.69 bits per heavy atom. The van der Waals surface area contributed by atoms with Crippen LogP contribution >= 0.6 is 23.4 Å². The van der Waals surface area contributed by atoms with E-state index in [2.05, 4.69) is 10.6 Å². The highest BCUT2D eigenvalue weighted by Gasteiger charge is 2.17. The molecule has 0 aliphatic rings. The summed E-state index contributed by atoms with van der Waals surface area (Å²) in [6.45, 7) is 1.82. The van der Waals surface area contributed by atoms with Crippen molar-refractivity contribution >= 4 is 46.6 Å². The molecule has 3 aromatic rings. The van der Waals surface area contributed by atoms with Crippen LogP contribution in [0.3, 0.4) is 0 Å². The van der Waals surface area contributed by atoms with E-state index in [1.54, 1.807) is 68.8 Å². The monoisotopic (exact) mass is 470 g/mol. The number of carbonyl (C=O) groups excluding carboxylic acids is 2. The molecule has 1 atom stereocenters. The van der Waals surface area contributed by atoms with Gasteiger partial charge in [0.25, 0.3) is 5.91 Å². The molecule has 0 aliphatic heterocycles. The number of halogens is 1. The summed E-state index contributed by atoms with van der Waals surface area (Å²) in [5.74, 6) is 0.765. The molecule has 0 radical (unpaired) electrons. The predicted molar refractivity (Wildman–Crippen MR) is 129 cm³/mol. The summed E-state index contributed by atoms with van der Waals surface area (Å²) in [5, 5.41) is 5.86. The molecule has 2 amide bonds. The van der Waals surface area contributed by atoms with Gasteiger partial charge in [0.1, 0.15) is 11.5 Å². The minimum Gasteiger partial charge on any atom is -0.497 e. The number of hydrogen-bond acceptors (Lipinski definition) is 5. The number of ether oxygens (including phenoxy) is 2. The minimum absolute atomic E-state index is 0.167. The van der Waals surface area contributed by atoms with Crippen LogP contribution in [0.25, 0.3) is 0 Å². The van der Waals surface area contributed by atoms with Gasteiger partial charge in [-0.25, -0.2) is 0 Å². The van der Waals surface area contributed by atoms with Gasteiger partial charge in [0.15, 0.2) is 0 Å². The molecular formula is C24H23ClN2O4S. The van der Waals surface area contributed by atoms with Crippen LogP contribution in [0.1, 0.15) is 17.3 Å². The zero-order valence-electron chi connectivity index (χ0n) is 17.8. The Morgan fingerprint density at radius 1 is 0.938 bits per heavy atom. The molecule has 32 heavy (non-hydrogen) atoms. The highest BCUT2D eigenvalue weighted by molar-refractivity contribution is 8.00. The van der Waals surface area contributed by atoms with Crippen molar-refractivity contribution in [2.24, 2.45) is 0 Å². The molecule has 0 aliphatic carbocycles. The van der Waals surface area contributed by atoms with Crippen molar-refractivity contribution in [1.82, 2.24) is 0 Å². The maximum absolute atomic E-state index is 12.7. The maximum atomic E-state index is 12.7. The number of rotatable bonds is 8. The quantitative estimate of drug-likeness (QED) is 0.411. The molecule has 8 heteroatoms. The fourth-order valence-electron chi connectivity index (χ4n) is 2.85. The zero-order valence-corrected chi connectivity index (χ0v) is 19.4. The molecular weight excluding hydrogens is 448 g/mol. The molecule has 0 spiro atoms. The Labute approximate surface area is 196 Å². The van der Waals surface area contributed by atoms with E-state index >= 15 is 0 Å². The van der Waals surface area contributed by atoms with E-state index < -0.39 is 0 Å². The molecule has 3 aromatic carbocycles. The summed E-state index contributed by atoms with van der Waals surface area (Å²) in [6.07, 6.45) is 0. The summed E-state index contributed by atoms with van der Waals surface area (Å²) in [4.78, 5) is 25.9. The van der Waals surface area contributed by atoms with Gasteiger partial charge < -0.3 is 20.1 Å². The zero-order chi connectivity index (χ0) is 23.1. The van der Waals surface area contributed by atoms with Gasteiger partial charge in [-0.05, 0) is 61.5 Å².